The second-order valence-corrected chi connectivity index (χ2v) is 11.8. The number of nitrogens with one attached hydrogen (secondary N) is 4. The summed E-state index contributed by atoms with van der Waals surface area (Å²) >= 11 is 0. The first-order valence-electron chi connectivity index (χ1n) is 13.5. The molecule has 10 heteroatoms. The van der Waals surface area contributed by atoms with Gasteiger partial charge >= 0.3 is 0 Å². The van der Waals surface area contributed by atoms with Crippen molar-refractivity contribution in [3.8, 4) is 0 Å². The van der Waals surface area contributed by atoms with Gasteiger partial charge in [-0.25, -0.2) is 23.1 Å². The van der Waals surface area contributed by atoms with Crippen LogP contribution in [-0.4, -0.2) is 52.9 Å². The van der Waals surface area contributed by atoms with E-state index >= 15 is 0 Å². The van der Waals surface area contributed by atoms with E-state index in [1.807, 2.05) is 24.5 Å². The van der Waals surface area contributed by atoms with Crippen LogP contribution in [0, 0.1) is 5.92 Å². The minimum absolute atomic E-state index is 0.0299. The zero-order valence-electron chi connectivity index (χ0n) is 21.8. The maximum absolute atomic E-state index is 12.8. The molecule has 1 atom stereocenters. The van der Waals surface area contributed by atoms with Gasteiger partial charge in [-0.05, 0) is 69.3 Å². The third kappa shape index (κ3) is 8.49. The quantitative estimate of drug-likeness (QED) is 0.221. The molecular weight excluding hydrogens is 486 g/mol. The summed E-state index contributed by atoms with van der Waals surface area (Å²) in [4.78, 5) is 17.6. The number of hydrogen-bond acceptors (Lipinski definition) is 6. The van der Waals surface area contributed by atoms with Gasteiger partial charge in [-0.15, -0.1) is 0 Å². The third-order valence-electron chi connectivity index (χ3n) is 7.22. The van der Waals surface area contributed by atoms with Gasteiger partial charge in [0, 0.05) is 37.9 Å². The first kappa shape index (κ1) is 27.5. The van der Waals surface area contributed by atoms with Gasteiger partial charge in [0.15, 0.2) is 0 Å². The fourth-order valence-corrected chi connectivity index (χ4v) is 6.03. The predicted octanol–water partition coefficient (Wildman–Crippen LogP) is 4.12. The fraction of sp³-hybridized carbons (Fsp3) is 0.556. The van der Waals surface area contributed by atoms with E-state index < -0.39 is 10.0 Å². The van der Waals surface area contributed by atoms with Crippen LogP contribution in [0.3, 0.4) is 0 Å². The molecular formula is C27H41N7O2S. The number of aromatic amines is 2. The van der Waals surface area contributed by atoms with E-state index in [2.05, 4.69) is 41.8 Å². The van der Waals surface area contributed by atoms with Crippen LogP contribution >= 0.6 is 0 Å². The number of benzene rings is 1. The number of hydrogen-bond donors (Lipinski definition) is 4. The van der Waals surface area contributed by atoms with Gasteiger partial charge in [0.05, 0.1) is 17.5 Å². The number of rotatable bonds is 15. The number of nitrogens with zero attached hydrogens (tertiary/aromatic N) is 3. The van der Waals surface area contributed by atoms with E-state index in [0.29, 0.717) is 24.5 Å². The van der Waals surface area contributed by atoms with E-state index in [9.17, 15) is 8.42 Å². The Morgan fingerprint density at radius 2 is 1.70 bits per heavy atom. The summed E-state index contributed by atoms with van der Waals surface area (Å²) in [6.07, 6.45) is 15.7. The van der Waals surface area contributed by atoms with Gasteiger partial charge in [-0.3, -0.25) is 4.90 Å². The van der Waals surface area contributed by atoms with Crippen LogP contribution in [0.5, 0.6) is 0 Å². The standard InChI is InChI=1S/C27H41N7O2S/c1-22(27-31-17-18-32-27)34(21-26-29-15-16-30-26)20-24-9-11-25(12-10-24)37(35,36)33-14-6-5-13-28-19-23-7-3-2-4-8-23/h9-12,15-18,22-23,28,33H,2-8,13-14,19-21H2,1H3,(H,29,30)(H,31,32). The first-order chi connectivity index (χ1) is 18.0. The van der Waals surface area contributed by atoms with Crippen LogP contribution in [0.1, 0.15) is 75.1 Å². The lowest BCUT2D eigenvalue weighted by molar-refractivity contribution is 0.181. The zero-order valence-corrected chi connectivity index (χ0v) is 22.6. The molecule has 37 heavy (non-hydrogen) atoms. The van der Waals surface area contributed by atoms with Gasteiger partial charge in [0.2, 0.25) is 10.0 Å². The molecule has 4 rings (SSSR count). The van der Waals surface area contributed by atoms with E-state index in [1.54, 1.807) is 24.5 Å². The van der Waals surface area contributed by atoms with Crippen molar-refractivity contribution in [2.24, 2.45) is 5.92 Å². The van der Waals surface area contributed by atoms with Crippen molar-refractivity contribution in [2.75, 3.05) is 19.6 Å². The van der Waals surface area contributed by atoms with E-state index in [4.69, 9.17) is 0 Å². The van der Waals surface area contributed by atoms with Gasteiger partial charge < -0.3 is 15.3 Å². The molecule has 1 aliphatic rings. The molecule has 1 fully saturated rings. The lowest BCUT2D eigenvalue weighted by atomic mass is 9.89. The topological polar surface area (TPSA) is 119 Å². The molecule has 9 nitrogen and oxygen atoms in total. The second-order valence-electron chi connectivity index (χ2n) is 10.0. The summed E-state index contributed by atoms with van der Waals surface area (Å²) < 4.78 is 28.3. The average Bonchev–Trinajstić information content (AvgIpc) is 3.63. The van der Waals surface area contributed by atoms with E-state index in [1.165, 1.54) is 32.1 Å². The normalized spacial score (nSPS) is 15.8. The highest BCUT2D eigenvalue weighted by Crippen LogP contribution is 2.23. The van der Waals surface area contributed by atoms with E-state index in [-0.39, 0.29) is 6.04 Å². The smallest absolute Gasteiger partial charge is 0.240 e. The summed E-state index contributed by atoms with van der Waals surface area (Å²) in [5.74, 6) is 2.56. The van der Waals surface area contributed by atoms with Crippen LogP contribution in [0.15, 0.2) is 53.9 Å². The lowest BCUT2D eigenvalue weighted by Gasteiger charge is -2.27. The van der Waals surface area contributed by atoms with Gasteiger partial charge in [-0.2, -0.15) is 0 Å². The minimum atomic E-state index is -3.52. The Kier molecular flexibility index (Phi) is 10.3. The average molecular weight is 528 g/mol. The second kappa shape index (κ2) is 13.9. The number of sulfonamides is 1. The summed E-state index contributed by atoms with van der Waals surface area (Å²) in [5, 5.41) is 3.54. The van der Waals surface area contributed by atoms with Crippen LogP contribution < -0.4 is 10.0 Å². The highest BCUT2D eigenvalue weighted by molar-refractivity contribution is 7.89. The molecule has 4 N–H and O–H groups in total. The molecule has 0 bridgehead atoms. The third-order valence-corrected chi connectivity index (χ3v) is 8.70. The van der Waals surface area contributed by atoms with Crippen molar-refractivity contribution in [1.82, 2.24) is 34.9 Å². The van der Waals surface area contributed by atoms with E-state index in [0.717, 1.165) is 49.1 Å². The van der Waals surface area contributed by atoms with Crippen LogP contribution in [0.2, 0.25) is 0 Å². The molecule has 202 valence electrons. The zero-order chi connectivity index (χ0) is 25.9. The molecule has 0 aliphatic heterocycles. The number of imidazole rings is 2. The molecule has 1 aromatic carbocycles. The maximum Gasteiger partial charge on any atom is 0.240 e. The highest BCUT2D eigenvalue weighted by atomic mass is 32.2. The molecule has 0 radical (unpaired) electrons. The van der Waals surface area contributed by atoms with Gasteiger partial charge in [0.1, 0.15) is 11.6 Å². The van der Waals surface area contributed by atoms with Crippen molar-refractivity contribution in [1.29, 1.82) is 0 Å². The summed E-state index contributed by atoms with van der Waals surface area (Å²) in [6, 6.07) is 7.17. The van der Waals surface area contributed by atoms with Crippen molar-refractivity contribution < 1.29 is 8.42 Å². The summed E-state index contributed by atoms with van der Waals surface area (Å²) in [7, 11) is -3.52. The minimum Gasteiger partial charge on any atom is -0.348 e. The Morgan fingerprint density at radius 1 is 0.973 bits per heavy atom. The summed E-state index contributed by atoms with van der Waals surface area (Å²) in [6.45, 7) is 5.83. The Labute approximate surface area is 220 Å². The van der Waals surface area contributed by atoms with Crippen molar-refractivity contribution in [2.45, 2.75) is 75.9 Å². The van der Waals surface area contributed by atoms with Crippen LogP contribution in [-0.2, 0) is 23.1 Å². The fourth-order valence-electron chi connectivity index (χ4n) is 4.96. The van der Waals surface area contributed by atoms with Gasteiger partial charge in [-0.1, -0.05) is 31.4 Å². The molecule has 2 aromatic heterocycles. The number of H-pyrrole nitrogens is 2. The maximum atomic E-state index is 12.8. The van der Waals surface area contributed by atoms with Crippen LogP contribution in [0.4, 0.5) is 0 Å². The summed E-state index contributed by atoms with van der Waals surface area (Å²) in [5.41, 5.74) is 1.02. The predicted molar refractivity (Wildman–Crippen MR) is 145 cm³/mol. The Hall–Kier alpha value is -2.53. The molecule has 0 saturated heterocycles. The molecule has 3 aromatic rings. The Balaban J connectivity index is 1.24. The van der Waals surface area contributed by atoms with Gasteiger partial charge in [0.25, 0.3) is 0 Å². The van der Waals surface area contributed by atoms with Crippen molar-refractivity contribution in [3.05, 3.63) is 66.3 Å². The lowest BCUT2D eigenvalue weighted by Crippen LogP contribution is -2.28. The number of unbranched alkanes of at least 4 members (excludes halogenated alkanes) is 1. The largest absolute Gasteiger partial charge is 0.348 e. The SMILES string of the molecule is CC(c1ncc[nH]1)N(Cc1ccc(S(=O)(=O)NCCCCNCC2CCCCC2)cc1)Cc1ncc[nH]1. The molecule has 1 saturated carbocycles. The Bertz CT molecular complexity index is 1130. The first-order valence-corrected chi connectivity index (χ1v) is 15.0. The monoisotopic (exact) mass is 527 g/mol. The molecule has 2 heterocycles. The molecule has 0 amide bonds. The molecule has 1 unspecified atom stereocenters. The Morgan fingerprint density at radius 3 is 2.41 bits per heavy atom. The van der Waals surface area contributed by atoms with Crippen LogP contribution in [0.25, 0.3) is 0 Å². The number of aromatic nitrogens is 4. The molecule has 0 spiro atoms. The molecule has 1 aliphatic carbocycles. The van der Waals surface area contributed by atoms with Crippen molar-refractivity contribution in [3.63, 3.8) is 0 Å². The highest BCUT2D eigenvalue weighted by Gasteiger charge is 2.20. The van der Waals surface area contributed by atoms with Crippen molar-refractivity contribution >= 4 is 10.0 Å².